The van der Waals surface area contributed by atoms with Crippen LogP contribution in [0.5, 0.6) is 0 Å². The van der Waals surface area contributed by atoms with Gasteiger partial charge in [0.1, 0.15) is 5.82 Å². The summed E-state index contributed by atoms with van der Waals surface area (Å²) in [4.78, 5) is 1.26. The van der Waals surface area contributed by atoms with Gasteiger partial charge in [0, 0.05) is 21.9 Å². The van der Waals surface area contributed by atoms with Crippen LogP contribution in [0.2, 0.25) is 0 Å². The van der Waals surface area contributed by atoms with Crippen molar-refractivity contribution in [3.05, 3.63) is 56.4 Å². The predicted molar refractivity (Wildman–Crippen MR) is 73.7 cm³/mol. The summed E-state index contributed by atoms with van der Waals surface area (Å²) in [5.41, 5.74) is 0.970. The quantitative estimate of drug-likeness (QED) is 0.876. The van der Waals surface area contributed by atoms with Gasteiger partial charge in [0.05, 0.1) is 0 Å². The fourth-order valence-electron chi connectivity index (χ4n) is 1.59. The van der Waals surface area contributed by atoms with Gasteiger partial charge in [-0.15, -0.1) is 11.3 Å². The van der Waals surface area contributed by atoms with E-state index in [1.807, 2.05) is 24.4 Å². The van der Waals surface area contributed by atoms with E-state index in [9.17, 15) is 4.39 Å². The summed E-state index contributed by atoms with van der Waals surface area (Å²) in [7, 11) is 0. The van der Waals surface area contributed by atoms with E-state index in [2.05, 4.69) is 21.2 Å². The zero-order valence-electron chi connectivity index (χ0n) is 9.41. The van der Waals surface area contributed by atoms with Crippen molar-refractivity contribution >= 4 is 27.3 Å². The van der Waals surface area contributed by atoms with E-state index in [-0.39, 0.29) is 11.9 Å². The van der Waals surface area contributed by atoms with Crippen LogP contribution in [0.3, 0.4) is 0 Å². The minimum absolute atomic E-state index is 0.139. The minimum Gasteiger partial charge on any atom is -0.305 e. The highest BCUT2D eigenvalue weighted by atomic mass is 79.9. The van der Waals surface area contributed by atoms with E-state index in [1.54, 1.807) is 23.5 Å². The molecule has 2 aromatic rings. The molecule has 0 amide bonds. The smallest absolute Gasteiger partial charge is 0.123 e. The minimum atomic E-state index is -0.187. The number of benzene rings is 1. The Balaban J connectivity index is 1.98. The molecule has 0 radical (unpaired) electrons. The van der Waals surface area contributed by atoms with Crippen molar-refractivity contribution in [3.63, 3.8) is 0 Å². The van der Waals surface area contributed by atoms with Crippen molar-refractivity contribution in [2.24, 2.45) is 0 Å². The van der Waals surface area contributed by atoms with Crippen molar-refractivity contribution in [3.8, 4) is 0 Å². The Labute approximate surface area is 113 Å². The number of hydrogen-bond acceptors (Lipinski definition) is 2. The third-order valence-electron chi connectivity index (χ3n) is 2.61. The topological polar surface area (TPSA) is 12.0 Å². The first-order valence-electron chi connectivity index (χ1n) is 5.37. The van der Waals surface area contributed by atoms with Crippen LogP contribution in [0.1, 0.15) is 23.4 Å². The molecule has 0 unspecified atom stereocenters. The molecule has 0 aliphatic rings. The molecule has 0 aliphatic heterocycles. The average Bonchev–Trinajstić information content (AvgIpc) is 2.72. The summed E-state index contributed by atoms with van der Waals surface area (Å²) in [5, 5.41) is 5.43. The summed E-state index contributed by atoms with van der Waals surface area (Å²) in [5.74, 6) is -0.187. The first-order valence-corrected chi connectivity index (χ1v) is 7.05. The van der Waals surface area contributed by atoms with E-state index in [1.165, 1.54) is 10.9 Å². The van der Waals surface area contributed by atoms with E-state index in [4.69, 9.17) is 0 Å². The second-order valence-corrected chi connectivity index (χ2v) is 5.70. The Morgan fingerprint density at radius 2 is 2.24 bits per heavy atom. The maximum absolute atomic E-state index is 13.1. The van der Waals surface area contributed by atoms with Gasteiger partial charge in [0.15, 0.2) is 0 Å². The number of thiophene rings is 1. The maximum Gasteiger partial charge on any atom is 0.123 e. The zero-order valence-corrected chi connectivity index (χ0v) is 11.8. The lowest BCUT2D eigenvalue weighted by Gasteiger charge is -2.13. The van der Waals surface area contributed by atoms with Crippen LogP contribution in [-0.4, -0.2) is 0 Å². The summed E-state index contributed by atoms with van der Waals surface area (Å²) in [6, 6.07) is 8.88. The van der Waals surface area contributed by atoms with Crippen LogP contribution in [0.15, 0.2) is 40.2 Å². The SMILES string of the molecule is C[C@@H](NCc1sccc1Br)c1cccc(F)c1. The molecular weight excluding hydrogens is 301 g/mol. The van der Waals surface area contributed by atoms with Gasteiger partial charge in [-0.05, 0) is 52.0 Å². The molecule has 0 fully saturated rings. The number of rotatable bonds is 4. The summed E-state index contributed by atoms with van der Waals surface area (Å²) < 4.78 is 14.2. The maximum atomic E-state index is 13.1. The lowest BCUT2D eigenvalue weighted by atomic mass is 10.1. The Kier molecular flexibility index (Phi) is 4.31. The predicted octanol–water partition coefficient (Wildman–Crippen LogP) is 4.50. The Hall–Kier alpha value is -0.710. The third-order valence-corrected chi connectivity index (χ3v) is 4.53. The first kappa shape index (κ1) is 12.7. The molecule has 90 valence electrons. The van der Waals surface area contributed by atoms with Crippen molar-refractivity contribution in [1.82, 2.24) is 5.32 Å². The van der Waals surface area contributed by atoms with Crippen LogP contribution in [0.4, 0.5) is 4.39 Å². The number of halogens is 2. The van der Waals surface area contributed by atoms with Crippen LogP contribution < -0.4 is 5.32 Å². The van der Waals surface area contributed by atoms with Crippen molar-refractivity contribution in [2.75, 3.05) is 0 Å². The second-order valence-electron chi connectivity index (χ2n) is 3.85. The standard InChI is InChI=1S/C13H13BrFNS/c1-9(10-3-2-4-11(15)7-10)16-8-13-12(14)5-6-17-13/h2-7,9,16H,8H2,1H3/t9-/m1/s1. The fourth-order valence-corrected chi connectivity index (χ4v) is 3.03. The van der Waals surface area contributed by atoms with Crippen LogP contribution in [0, 0.1) is 5.82 Å². The van der Waals surface area contributed by atoms with Crippen molar-refractivity contribution < 1.29 is 4.39 Å². The molecule has 0 spiro atoms. The molecule has 0 bridgehead atoms. The van der Waals surface area contributed by atoms with Gasteiger partial charge < -0.3 is 5.32 Å². The Morgan fingerprint density at radius 3 is 2.88 bits per heavy atom. The monoisotopic (exact) mass is 313 g/mol. The highest BCUT2D eigenvalue weighted by Crippen LogP contribution is 2.23. The molecule has 4 heteroatoms. The van der Waals surface area contributed by atoms with Gasteiger partial charge in [-0.1, -0.05) is 12.1 Å². The summed E-state index contributed by atoms with van der Waals surface area (Å²) in [6.45, 7) is 2.83. The molecule has 1 nitrogen and oxygen atoms in total. The zero-order chi connectivity index (χ0) is 12.3. The molecule has 1 aromatic heterocycles. The molecule has 1 heterocycles. The van der Waals surface area contributed by atoms with Gasteiger partial charge in [-0.25, -0.2) is 4.39 Å². The largest absolute Gasteiger partial charge is 0.305 e. The average molecular weight is 314 g/mol. The molecule has 0 saturated heterocycles. The lowest BCUT2D eigenvalue weighted by molar-refractivity contribution is 0.568. The van der Waals surface area contributed by atoms with Crippen molar-refractivity contribution in [1.29, 1.82) is 0 Å². The molecule has 1 atom stereocenters. The van der Waals surface area contributed by atoms with Crippen molar-refractivity contribution in [2.45, 2.75) is 19.5 Å². The molecular formula is C13H13BrFNS. The van der Waals surface area contributed by atoms with Gasteiger partial charge in [0.25, 0.3) is 0 Å². The summed E-state index contributed by atoms with van der Waals surface area (Å²) in [6.07, 6.45) is 0. The van der Waals surface area contributed by atoms with Gasteiger partial charge >= 0.3 is 0 Å². The number of nitrogens with one attached hydrogen (secondary N) is 1. The highest BCUT2D eigenvalue weighted by Gasteiger charge is 2.07. The summed E-state index contributed by atoms with van der Waals surface area (Å²) >= 11 is 5.20. The van der Waals surface area contributed by atoms with E-state index >= 15 is 0 Å². The van der Waals surface area contributed by atoms with Crippen LogP contribution in [-0.2, 0) is 6.54 Å². The van der Waals surface area contributed by atoms with Gasteiger partial charge in [-0.3, -0.25) is 0 Å². The lowest BCUT2D eigenvalue weighted by Crippen LogP contribution is -2.17. The van der Waals surface area contributed by atoms with Gasteiger partial charge in [-0.2, -0.15) is 0 Å². The first-order chi connectivity index (χ1) is 8.16. The molecule has 1 aromatic carbocycles. The molecule has 1 N–H and O–H groups in total. The Morgan fingerprint density at radius 1 is 1.41 bits per heavy atom. The highest BCUT2D eigenvalue weighted by molar-refractivity contribution is 9.10. The van der Waals surface area contributed by atoms with E-state index in [0.29, 0.717) is 0 Å². The Bertz CT molecular complexity index is 498. The second kappa shape index (κ2) is 5.76. The molecule has 17 heavy (non-hydrogen) atoms. The fraction of sp³-hybridized carbons (Fsp3) is 0.231. The van der Waals surface area contributed by atoms with Gasteiger partial charge in [0.2, 0.25) is 0 Å². The third kappa shape index (κ3) is 3.37. The normalized spacial score (nSPS) is 12.6. The molecule has 0 saturated carbocycles. The number of hydrogen-bond donors (Lipinski definition) is 1. The van der Waals surface area contributed by atoms with E-state index < -0.39 is 0 Å². The molecule has 2 rings (SSSR count). The van der Waals surface area contributed by atoms with E-state index in [0.717, 1.165) is 16.6 Å². The van der Waals surface area contributed by atoms with Crippen LogP contribution in [0.25, 0.3) is 0 Å². The van der Waals surface area contributed by atoms with Crippen LogP contribution >= 0.6 is 27.3 Å². The molecule has 0 aliphatic carbocycles.